The highest BCUT2D eigenvalue weighted by atomic mass is 15.0. The lowest BCUT2D eigenvalue weighted by Crippen LogP contribution is -2.00. The Balaban J connectivity index is 1.23. The number of rotatable bonds is 6. The molecule has 0 aliphatic rings. The van der Waals surface area contributed by atoms with E-state index in [9.17, 15) is 0 Å². The normalized spacial score (nSPS) is 12.6. The van der Waals surface area contributed by atoms with Crippen LogP contribution in [0.3, 0.4) is 0 Å². The number of aromatic nitrogens is 3. The maximum Gasteiger partial charge on any atom is 0.164 e. The smallest absolute Gasteiger partial charge is 0.164 e. The molecule has 9 rings (SSSR count). The molecule has 0 saturated heterocycles. The molecule has 9 aromatic rings. The summed E-state index contributed by atoms with van der Waals surface area (Å²) in [4.78, 5) is 14.7. The predicted octanol–water partition coefficient (Wildman–Crippen LogP) is 12.2. The van der Waals surface area contributed by atoms with Crippen molar-refractivity contribution in [2.24, 2.45) is 0 Å². The molecule has 0 N–H and O–H groups in total. The molecule has 0 spiro atoms. The summed E-state index contributed by atoms with van der Waals surface area (Å²) in [5.41, 5.74) is 6.76. The second kappa shape index (κ2) is 12.7. The van der Waals surface area contributed by atoms with Crippen LogP contribution in [-0.2, 0) is 0 Å². The largest absolute Gasteiger partial charge is 0.208 e. The number of benzene rings is 8. The van der Waals surface area contributed by atoms with E-state index in [4.69, 9.17) is 21.8 Å². The molecule has 8 aromatic carbocycles. The summed E-state index contributed by atoms with van der Waals surface area (Å²) in [5, 5.41) is 4.51. The Labute approximate surface area is 298 Å². The molecule has 0 bridgehead atoms. The van der Waals surface area contributed by atoms with Crippen molar-refractivity contribution >= 4 is 21.5 Å². The van der Waals surface area contributed by atoms with Crippen LogP contribution in [0, 0.1) is 0 Å². The lowest BCUT2D eigenvalue weighted by atomic mass is 9.93. The summed E-state index contributed by atoms with van der Waals surface area (Å²) in [7, 11) is 0. The van der Waals surface area contributed by atoms with Gasteiger partial charge in [0.1, 0.15) is 0 Å². The predicted molar refractivity (Wildman–Crippen MR) is 207 cm³/mol. The Bertz CT molecular complexity index is 2850. The molecule has 234 valence electrons. The first-order valence-electron chi connectivity index (χ1n) is 18.9. The van der Waals surface area contributed by atoms with Crippen LogP contribution in [0.25, 0.3) is 89.1 Å². The van der Waals surface area contributed by atoms with Crippen LogP contribution >= 0.6 is 0 Å². The molecule has 3 heteroatoms. The molecule has 1 heterocycles. The van der Waals surface area contributed by atoms with E-state index in [1.165, 1.54) is 10.8 Å². The van der Waals surface area contributed by atoms with Crippen molar-refractivity contribution in [3.63, 3.8) is 0 Å². The van der Waals surface area contributed by atoms with Crippen LogP contribution in [-0.4, -0.2) is 15.0 Å². The van der Waals surface area contributed by atoms with Crippen LogP contribution < -0.4 is 0 Å². The van der Waals surface area contributed by atoms with Gasteiger partial charge in [-0.2, -0.15) is 0 Å². The summed E-state index contributed by atoms with van der Waals surface area (Å²) < 4.78 is 42.8. The van der Waals surface area contributed by atoms with Gasteiger partial charge < -0.3 is 0 Å². The summed E-state index contributed by atoms with van der Waals surface area (Å²) >= 11 is 0. The maximum atomic E-state index is 8.85. The van der Waals surface area contributed by atoms with Crippen molar-refractivity contribution in [3.8, 4) is 67.5 Å². The van der Waals surface area contributed by atoms with Gasteiger partial charge in [-0.05, 0) is 91.3 Å². The van der Waals surface area contributed by atoms with Crippen molar-refractivity contribution in [2.75, 3.05) is 0 Å². The standard InChI is InChI=1S/C47H31N3/c1-4-12-32(13-5-1)42-29-43(41-25-24-39-27-38(22-23-40(39)28-41)37-21-20-33-14-10-11-19-36(33)26-37)31-44(30-42)47-49-45(34-15-6-2-7-16-34)48-46(50-47)35-17-8-3-9-18-35/h1-31H/i1D,4D,5D,12D,13D. The zero-order chi connectivity index (χ0) is 37.6. The van der Waals surface area contributed by atoms with Gasteiger partial charge in [0, 0.05) is 16.7 Å². The molecule has 0 aliphatic carbocycles. The van der Waals surface area contributed by atoms with E-state index >= 15 is 0 Å². The molecule has 0 unspecified atom stereocenters. The average molecular weight is 643 g/mol. The fourth-order valence-electron chi connectivity index (χ4n) is 6.37. The van der Waals surface area contributed by atoms with Crippen molar-refractivity contribution in [1.82, 2.24) is 15.0 Å². The monoisotopic (exact) mass is 642 g/mol. The summed E-state index contributed by atoms with van der Waals surface area (Å²) in [5.74, 6) is 1.38. The van der Waals surface area contributed by atoms with Crippen molar-refractivity contribution in [2.45, 2.75) is 0 Å². The molecule has 50 heavy (non-hydrogen) atoms. The van der Waals surface area contributed by atoms with E-state index in [0.717, 1.165) is 44.2 Å². The van der Waals surface area contributed by atoms with Gasteiger partial charge in [0.15, 0.2) is 17.5 Å². The van der Waals surface area contributed by atoms with Crippen molar-refractivity contribution < 1.29 is 6.85 Å². The number of hydrogen-bond donors (Lipinski definition) is 0. The van der Waals surface area contributed by atoms with E-state index < -0.39 is 18.1 Å². The van der Waals surface area contributed by atoms with Crippen LogP contribution in [0.5, 0.6) is 0 Å². The third-order valence-corrected chi connectivity index (χ3v) is 8.94. The first kappa shape index (κ1) is 24.4. The summed E-state index contributed by atoms with van der Waals surface area (Å²) in [6.45, 7) is 0. The fourth-order valence-corrected chi connectivity index (χ4v) is 6.37. The summed E-state index contributed by atoms with van der Waals surface area (Å²) in [6, 6.07) is 50.8. The van der Waals surface area contributed by atoms with Gasteiger partial charge in [-0.25, -0.2) is 15.0 Å². The number of nitrogens with zero attached hydrogens (tertiary/aromatic N) is 3. The van der Waals surface area contributed by atoms with E-state index in [0.29, 0.717) is 28.6 Å². The molecule has 0 atom stereocenters. The minimum Gasteiger partial charge on any atom is -0.208 e. The van der Waals surface area contributed by atoms with Crippen LogP contribution in [0.1, 0.15) is 6.85 Å². The van der Waals surface area contributed by atoms with Gasteiger partial charge in [-0.1, -0.05) is 152 Å². The van der Waals surface area contributed by atoms with Crippen molar-refractivity contribution in [3.05, 3.63) is 188 Å². The first-order chi connectivity index (χ1) is 26.8. The van der Waals surface area contributed by atoms with E-state index in [1.54, 1.807) is 6.07 Å². The topological polar surface area (TPSA) is 38.7 Å². The second-order valence-electron chi connectivity index (χ2n) is 12.2. The average Bonchev–Trinajstić information content (AvgIpc) is 3.25. The van der Waals surface area contributed by atoms with Crippen LogP contribution in [0.4, 0.5) is 0 Å². The highest BCUT2D eigenvalue weighted by Gasteiger charge is 2.15. The zero-order valence-electron chi connectivity index (χ0n) is 31.9. The van der Waals surface area contributed by atoms with Gasteiger partial charge >= 0.3 is 0 Å². The Kier molecular flexibility index (Phi) is 6.22. The number of fused-ring (bicyclic) bond motifs is 2. The fraction of sp³-hybridized carbons (Fsp3) is 0. The Morgan fingerprint density at radius 1 is 0.280 bits per heavy atom. The van der Waals surface area contributed by atoms with Gasteiger partial charge in [0.05, 0.1) is 6.85 Å². The van der Waals surface area contributed by atoms with Crippen LogP contribution in [0.15, 0.2) is 188 Å². The maximum absolute atomic E-state index is 8.85. The Morgan fingerprint density at radius 2 is 0.680 bits per heavy atom. The molecule has 0 fully saturated rings. The van der Waals surface area contributed by atoms with Gasteiger partial charge in [-0.15, -0.1) is 0 Å². The van der Waals surface area contributed by atoms with E-state index in [1.807, 2.05) is 78.9 Å². The molecule has 0 saturated carbocycles. The van der Waals surface area contributed by atoms with E-state index in [2.05, 4.69) is 72.8 Å². The minimum absolute atomic E-state index is 0.107. The second-order valence-corrected chi connectivity index (χ2v) is 12.2. The molecule has 0 radical (unpaired) electrons. The zero-order valence-corrected chi connectivity index (χ0v) is 26.9. The summed E-state index contributed by atoms with van der Waals surface area (Å²) in [6.07, 6.45) is 0. The molecule has 3 nitrogen and oxygen atoms in total. The Hall–Kier alpha value is -6.71. The quantitative estimate of drug-likeness (QED) is 0.181. The lowest BCUT2D eigenvalue weighted by Gasteiger charge is -2.13. The van der Waals surface area contributed by atoms with E-state index in [-0.39, 0.29) is 17.6 Å². The van der Waals surface area contributed by atoms with Gasteiger partial charge in [0.25, 0.3) is 0 Å². The SMILES string of the molecule is [2H]c1c([2H])c([2H])c(-c2cc(-c3ccc4cc(-c5ccc6ccccc6c5)ccc4c3)cc(-c3nc(-c4ccccc4)nc(-c4ccccc4)n3)c2)c([2H])c1[2H]. The van der Waals surface area contributed by atoms with Crippen molar-refractivity contribution in [1.29, 1.82) is 0 Å². The van der Waals surface area contributed by atoms with Crippen LogP contribution in [0.2, 0.25) is 0 Å². The lowest BCUT2D eigenvalue weighted by molar-refractivity contribution is 1.07. The minimum atomic E-state index is -0.440. The molecule has 1 aromatic heterocycles. The highest BCUT2D eigenvalue weighted by molar-refractivity contribution is 5.94. The first-order valence-corrected chi connectivity index (χ1v) is 16.4. The molecule has 0 amide bonds. The molecular formula is C47H31N3. The number of hydrogen-bond acceptors (Lipinski definition) is 3. The molecule has 0 aliphatic heterocycles. The Morgan fingerprint density at radius 3 is 1.24 bits per heavy atom. The molecular weight excluding hydrogens is 607 g/mol. The van der Waals surface area contributed by atoms with Gasteiger partial charge in [0.2, 0.25) is 0 Å². The third-order valence-electron chi connectivity index (χ3n) is 8.94. The van der Waals surface area contributed by atoms with Gasteiger partial charge in [-0.3, -0.25) is 0 Å². The third kappa shape index (κ3) is 5.82. The highest BCUT2D eigenvalue weighted by Crippen LogP contribution is 2.35.